The predicted octanol–water partition coefficient (Wildman–Crippen LogP) is 4.08. The maximum atomic E-state index is 8.12. The zero-order valence-corrected chi connectivity index (χ0v) is 11.3. The second-order valence-electron chi connectivity index (χ2n) is 4.63. The molecule has 0 spiro atoms. The minimum absolute atomic E-state index is 0.688. The van der Waals surface area contributed by atoms with E-state index in [4.69, 9.17) is 5.41 Å². The zero-order chi connectivity index (χ0) is 13.5. The van der Waals surface area contributed by atoms with E-state index in [1.165, 1.54) is 11.1 Å². The average molecular weight is 252 g/mol. The van der Waals surface area contributed by atoms with Crippen molar-refractivity contribution >= 4 is 5.84 Å². The molecule has 0 amide bonds. The molecule has 0 aliphatic rings. The summed E-state index contributed by atoms with van der Waals surface area (Å²) in [6.07, 6.45) is 0.764. The summed E-state index contributed by atoms with van der Waals surface area (Å²) in [7, 11) is 0. The fourth-order valence-electron chi connectivity index (χ4n) is 2.08. The molecule has 0 atom stereocenters. The lowest BCUT2D eigenvalue weighted by molar-refractivity contribution is 0.396. The fraction of sp³-hybridized carbons (Fsp3) is 0.235. The summed E-state index contributed by atoms with van der Waals surface area (Å²) in [4.78, 5) is 2.13. The van der Waals surface area contributed by atoms with Gasteiger partial charge in [0, 0.05) is 19.5 Å². The topological polar surface area (TPSA) is 27.1 Å². The van der Waals surface area contributed by atoms with Crippen LogP contribution in [-0.2, 0) is 13.1 Å². The van der Waals surface area contributed by atoms with Crippen LogP contribution in [0.1, 0.15) is 24.5 Å². The molecule has 2 aromatic rings. The third-order valence-corrected chi connectivity index (χ3v) is 3.15. The smallest absolute Gasteiger partial charge is 0.0960 e. The molecule has 0 saturated carbocycles. The fourth-order valence-corrected chi connectivity index (χ4v) is 2.08. The third-order valence-electron chi connectivity index (χ3n) is 3.15. The number of hydrogen-bond donors (Lipinski definition) is 1. The van der Waals surface area contributed by atoms with Gasteiger partial charge in [0.15, 0.2) is 0 Å². The second kappa shape index (κ2) is 6.74. The number of nitrogens with zero attached hydrogens (tertiary/aromatic N) is 1. The Hall–Kier alpha value is -2.09. The molecule has 0 aliphatic carbocycles. The predicted molar refractivity (Wildman–Crippen MR) is 80.1 cm³/mol. The number of rotatable bonds is 5. The quantitative estimate of drug-likeness (QED) is 0.630. The van der Waals surface area contributed by atoms with Gasteiger partial charge in [-0.2, -0.15) is 0 Å². The SMILES string of the molecule is CCC(=N)N(Cc1ccccc1)Cc1ccccc1. The molecule has 2 aromatic carbocycles. The van der Waals surface area contributed by atoms with Crippen LogP contribution in [0, 0.1) is 5.41 Å². The van der Waals surface area contributed by atoms with Gasteiger partial charge in [-0.3, -0.25) is 5.41 Å². The molecule has 0 bridgehead atoms. The van der Waals surface area contributed by atoms with Crippen molar-refractivity contribution in [1.82, 2.24) is 4.90 Å². The van der Waals surface area contributed by atoms with Crippen molar-refractivity contribution in [3.63, 3.8) is 0 Å². The number of benzene rings is 2. The van der Waals surface area contributed by atoms with E-state index in [0.717, 1.165) is 19.5 Å². The molecule has 0 aromatic heterocycles. The van der Waals surface area contributed by atoms with Crippen LogP contribution >= 0.6 is 0 Å². The van der Waals surface area contributed by atoms with Crippen molar-refractivity contribution in [2.24, 2.45) is 0 Å². The molecule has 0 heterocycles. The van der Waals surface area contributed by atoms with Gasteiger partial charge in [-0.25, -0.2) is 0 Å². The minimum Gasteiger partial charge on any atom is -0.352 e. The molecular weight excluding hydrogens is 232 g/mol. The monoisotopic (exact) mass is 252 g/mol. The van der Waals surface area contributed by atoms with E-state index in [9.17, 15) is 0 Å². The first-order valence-electron chi connectivity index (χ1n) is 6.70. The van der Waals surface area contributed by atoms with Gasteiger partial charge >= 0.3 is 0 Å². The first kappa shape index (κ1) is 13.3. The van der Waals surface area contributed by atoms with Crippen molar-refractivity contribution in [2.75, 3.05) is 0 Å². The van der Waals surface area contributed by atoms with Crippen LogP contribution in [0.2, 0.25) is 0 Å². The molecule has 2 nitrogen and oxygen atoms in total. The van der Waals surface area contributed by atoms with Crippen molar-refractivity contribution in [3.8, 4) is 0 Å². The van der Waals surface area contributed by atoms with Crippen LogP contribution in [0.5, 0.6) is 0 Å². The van der Waals surface area contributed by atoms with Crippen LogP contribution in [-0.4, -0.2) is 10.7 Å². The Bertz CT molecular complexity index is 464. The lowest BCUT2D eigenvalue weighted by Gasteiger charge is -2.25. The Morgan fingerprint density at radius 2 is 1.26 bits per heavy atom. The van der Waals surface area contributed by atoms with Crippen LogP contribution in [0.15, 0.2) is 60.7 Å². The minimum atomic E-state index is 0.688. The molecule has 0 fully saturated rings. The van der Waals surface area contributed by atoms with Gasteiger partial charge in [0.05, 0.1) is 5.84 Å². The normalized spacial score (nSPS) is 10.2. The Morgan fingerprint density at radius 1 is 0.842 bits per heavy atom. The highest BCUT2D eigenvalue weighted by Crippen LogP contribution is 2.11. The van der Waals surface area contributed by atoms with E-state index in [1.807, 2.05) is 43.3 Å². The molecule has 0 unspecified atom stereocenters. The van der Waals surface area contributed by atoms with Gasteiger partial charge in [0.1, 0.15) is 0 Å². The summed E-state index contributed by atoms with van der Waals surface area (Å²) < 4.78 is 0. The maximum absolute atomic E-state index is 8.12. The Kier molecular flexibility index (Phi) is 4.73. The van der Waals surface area contributed by atoms with Gasteiger partial charge in [-0.05, 0) is 11.1 Å². The van der Waals surface area contributed by atoms with Crippen LogP contribution in [0.25, 0.3) is 0 Å². The Balaban J connectivity index is 2.10. The van der Waals surface area contributed by atoms with E-state index < -0.39 is 0 Å². The highest BCUT2D eigenvalue weighted by Gasteiger charge is 2.09. The molecular formula is C17H20N2. The molecule has 19 heavy (non-hydrogen) atoms. The number of hydrogen-bond acceptors (Lipinski definition) is 1. The van der Waals surface area contributed by atoms with Crippen molar-refractivity contribution in [1.29, 1.82) is 5.41 Å². The lowest BCUT2D eigenvalue weighted by atomic mass is 10.1. The largest absolute Gasteiger partial charge is 0.352 e. The Morgan fingerprint density at radius 3 is 1.63 bits per heavy atom. The Labute approximate surface area is 115 Å². The van der Waals surface area contributed by atoms with Crippen LogP contribution in [0.4, 0.5) is 0 Å². The summed E-state index contributed by atoms with van der Waals surface area (Å²) >= 11 is 0. The molecule has 0 saturated heterocycles. The van der Waals surface area contributed by atoms with Crippen molar-refractivity contribution < 1.29 is 0 Å². The van der Waals surface area contributed by atoms with E-state index in [1.54, 1.807) is 0 Å². The maximum Gasteiger partial charge on any atom is 0.0960 e. The summed E-state index contributed by atoms with van der Waals surface area (Å²) in [6.45, 7) is 3.62. The number of amidine groups is 1. The van der Waals surface area contributed by atoms with Gasteiger partial charge in [-0.15, -0.1) is 0 Å². The molecule has 2 heteroatoms. The zero-order valence-electron chi connectivity index (χ0n) is 11.3. The molecule has 0 radical (unpaired) electrons. The highest BCUT2D eigenvalue weighted by atomic mass is 15.2. The summed E-state index contributed by atoms with van der Waals surface area (Å²) in [6, 6.07) is 20.7. The highest BCUT2D eigenvalue weighted by molar-refractivity contribution is 5.78. The first-order valence-corrected chi connectivity index (χ1v) is 6.70. The van der Waals surface area contributed by atoms with Crippen molar-refractivity contribution in [2.45, 2.75) is 26.4 Å². The van der Waals surface area contributed by atoms with Gasteiger partial charge in [0.2, 0.25) is 0 Å². The van der Waals surface area contributed by atoms with Crippen molar-refractivity contribution in [3.05, 3.63) is 71.8 Å². The standard InChI is InChI=1S/C17H20N2/c1-2-17(18)19(13-15-9-5-3-6-10-15)14-16-11-7-4-8-12-16/h3-12,18H,2,13-14H2,1H3. The van der Waals surface area contributed by atoms with E-state index in [2.05, 4.69) is 29.2 Å². The number of nitrogens with one attached hydrogen (secondary N) is 1. The molecule has 2 rings (SSSR count). The summed E-state index contributed by atoms with van der Waals surface area (Å²) in [5.41, 5.74) is 2.49. The van der Waals surface area contributed by atoms with Gasteiger partial charge in [-0.1, -0.05) is 67.6 Å². The second-order valence-corrected chi connectivity index (χ2v) is 4.63. The first-order chi connectivity index (χ1) is 9.29. The third kappa shape index (κ3) is 3.95. The summed E-state index contributed by atoms with van der Waals surface area (Å²) in [5, 5.41) is 8.12. The van der Waals surface area contributed by atoms with Gasteiger partial charge in [0.25, 0.3) is 0 Å². The molecule has 98 valence electrons. The summed E-state index contributed by atoms with van der Waals surface area (Å²) in [5.74, 6) is 0.688. The lowest BCUT2D eigenvalue weighted by Crippen LogP contribution is -2.28. The van der Waals surface area contributed by atoms with Gasteiger partial charge < -0.3 is 4.90 Å². The molecule has 0 aliphatic heterocycles. The van der Waals surface area contributed by atoms with E-state index in [-0.39, 0.29) is 0 Å². The van der Waals surface area contributed by atoms with E-state index in [0.29, 0.717) is 5.84 Å². The van der Waals surface area contributed by atoms with Crippen LogP contribution < -0.4 is 0 Å². The average Bonchev–Trinajstić information content (AvgIpc) is 2.48. The van der Waals surface area contributed by atoms with E-state index >= 15 is 0 Å². The van der Waals surface area contributed by atoms with Crippen LogP contribution in [0.3, 0.4) is 0 Å². The molecule has 1 N–H and O–H groups in total.